The van der Waals surface area contributed by atoms with Gasteiger partial charge in [0.05, 0.1) is 6.61 Å². The molecular weight excluding hydrogens is 170 g/mol. The van der Waals surface area contributed by atoms with Crippen LogP contribution in [0.1, 0.15) is 19.4 Å². The minimum absolute atomic E-state index is 0.546. The minimum atomic E-state index is 0.546. The maximum atomic E-state index is 4.83. The van der Waals surface area contributed by atoms with Crippen LogP contribution in [0.25, 0.3) is 0 Å². The Morgan fingerprint density at radius 1 is 1.25 bits per heavy atom. The van der Waals surface area contributed by atoms with Crippen LogP contribution in [-0.4, -0.2) is 0 Å². The van der Waals surface area contributed by atoms with E-state index in [9.17, 15) is 0 Å². The highest BCUT2D eigenvalue weighted by atomic mass is 32.1. The molecule has 0 radical (unpaired) electrons. The van der Waals surface area contributed by atoms with Gasteiger partial charge in [0.15, 0.2) is 0 Å². The summed E-state index contributed by atoms with van der Waals surface area (Å²) in [6.07, 6.45) is 0. The second-order valence-corrected chi connectivity index (χ2v) is 2.05. The molecule has 0 spiro atoms. The monoisotopic (exact) mass is 185 g/mol. The van der Waals surface area contributed by atoms with Crippen molar-refractivity contribution in [2.24, 2.45) is 0 Å². The van der Waals surface area contributed by atoms with Gasteiger partial charge >= 0.3 is 0 Å². The van der Waals surface area contributed by atoms with Crippen LogP contribution in [0.5, 0.6) is 0 Å². The molecule has 0 bridgehead atoms. The summed E-state index contributed by atoms with van der Waals surface area (Å²) < 4.78 is 0. The molecule has 0 aliphatic rings. The number of rotatable bonds is 3. The third kappa shape index (κ3) is 5.18. The van der Waals surface area contributed by atoms with Crippen LogP contribution in [0.15, 0.2) is 30.3 Å². The molecule has 2 nitrogen and oxygen atoms in total. The van der Waals surface area contributed by atoms with Crippen LogP contribution in [0.3, 0.4) is 0 Å². The molecule has 1 N–H and O–H groups in total. The van der Waals surface area contributed by atoms with E-state index in [0.29, 0.717) is 6.61 Å². The molecule has 0 aliphatic heterocycles. The summed E-state index contributed by atoms with van der Waals surface area (Å²) >= 11 is 3.68. The summed E-state index contributed by atoms with van der Waals surface area (Å²) in [6.45, 7) is 4.55. The highest BCUT2D eigenvalue weighted by Gasteiger charge is 1.87. The molecule has 3 heteroatoms. The van der Waals surface area contributed by atoms with Gasteiger partial charge in [0.2, 0.25) is 0 Å². The van der Waals surface area contributed by atoms with Crippen LogP contribution >= 0.6 is 12.8 Å². The Morgan fingerprint density at radius 3 is 2.33 bits per heavy atom. The molecule has 68 valence electrons. The second-order valence-electron chi connectivity index (χ2n) is 1.87. The van der Waals surface area contributed by atoms with Gasteiger partial charge in [-0.1, -0.05) is 57.0 Å². The number of benzene rings is 1. The first-order chi connectivity index (χ1) is 5.93. The van der Waals surface area contributed by atoms with Crippen LogP contribution in [0.2, 0.25) is 0 Å². The molecule has 0 atom stereocenters. The first-order valence-corrected chi connectivity index (χ1v) is 4.43. The predicted octanol–water partition coefficient (Wildman–Crippen LogP) is 2.58. The van der Waals surface area contributed by atoms with Crippen molar-refractivity contribution in [3.8, 4) is 0 Å². The largest absolute Gasteiger partial charge is 0.287 e. The second kappa shape index (κ2) is 8.59. The molecule has 1 aromatic rings. The van der Waals surface area contributed by atoms with Gasteiger partial charge < -0.3 is 0 Å². The molecule has 0 unspecified atom stereocenters. The molecule has 1 aromatic carbocycles. The zero-order valence-corrected chi connectivity index (χ0v) is 8.34. The topological polar surface area (TPSA) is 21.3 Å². The maximum Gasteiger partial charge on any atom is 0.0943 e. The van der Waals surface area contributed by atoms with Gasteiger partial charge in [0.25, 0.3) is 0 Å². The normalized spacial score (nSPS) is 8.58. The van der Waals surface area contributed by atoms with Crippen molar-refractivity contribution >= 4 is 12.8 Å². The van der Waals surface area contributed by atoms with Crippen molar-refractivity contribution in [3.63, 3.8) is 0 Å². The van der Waals surface area contributed by atoms with Crippen molar-refractivity contribution in [2.75, 3.05) is 0 Å². The lowest BCUT2D eigenvalue weighted by Crippen LogP contribution is -2.00. The van der Waals surface area contributed by atoms with E-state index in [0.717, 1.165) is 5.56 Å². The third-order valence-electron chi connectivity index (χ3n) is 1.15. The van der Waals surface area contributed by atoms with Crippen molar-refractivity contribution in [3.05, 3.63) is 35.9 Å². The molecule has 0 amide bonds. The minimum Gasteiger partial charge on any atom is -0.287 e. The first-order valence-electron chi connectivity index (χ1n) is 3.98. The highest BCUT2D eigenvalue weighted by Crippen LogP contribution is 1.98. The van der Waals surface area contributed by atoms with Crippen molar-refractivity contribution in [1.82, 2.24) is 4.89 Å². The van der Waals surface area contributed by atoms with Gasteiger partial charge in [-0.3, -0.25) is 4.84 Å². The molecule has 0 saturated heterocycles. The third-order valence-corrected chi connectivity index (χ3v) is 1.28. The Labute approximate surface area is 79.4 Å². The molecule has 0 heterocycles. The fourth-order valence-electron chi connectivity index (χ4n) is 0.690. The van der Waals surface area contributed by atoms with E-state index in [-0.39, 0.29) is 0 Å². The highest BCUT2D eigenvalue weighted by molar-refractivity contribution is 7.77. The van der Waals surface area contributed by atoms with Crippen LogP contribution < -0.4 is 4.89 Å². The SMILES string of the molecule is CC.SNOCc1ccccc1. The van der Waals surface area contributed by atoms with Crippen LogP contribution in [-0.2, 0) is 11.4 Å². The van der Waals surface area contributed by atoms with E-state index in [4.69, 9.17) is 4.84 Å². The summed E-state index contributed by atoms with van der Waals surface area (Å²) in [5, 5.41) is 0. The fraction of sp³-hybridized carbons (Fsp3) is 0.333. The average molecular weight is 185 g/mol. The Hall–Kier alpha value is -0.510. The van der Waals surface area contributed by atoms with E-state index in [1.54, 1.807) is 0 Å². The lowest BCUT2D eigenvalue weighted by molar-refractivity contribution is 0.0887. The van der Waals surface area contributed by atoms with Gasteiger partial charge in [0.1, 0.15) is 0 Å². The van der Waals surface area contributed by atoms with Gasteiger partial charge in [-0.05, 0) is 5.56 Å². The number of hydrogen-bond donors (Lipinski definition) is 2. The number of hydrogen-bond acceptors (Lipinski definition) is 3. The number of nitrogens with one attached hydrogen (secondary N) is 1. The van der Waals surface area contributed by atoms with E-state index < -0.39 is 0 Å². The maximum absolute atomic E-state index is 4.83. The molecule has 0 fully saturated rings. The van der Waals surface area contributed by atoms with Gasteiger partial charge in [-0.15, -0.1) is 4.89 Å². The van der Waals surface area contributed by atoms with E-state index in [1.165, 1.54) is 0 Å². The summed E-state index contributed by atoms with van der Waals surface area (Å²) in [7, 11) is 0. The average Bonchev–Trinajstić information content (AvgIpc) is 2.19. The van der Waals surface area contributed by atoms with Gasteiger partial charge in [-0.2, -0.15) is 0 Å². The van der Waals surface area contributed by atoms with Crippen molar-refractivity contribution in [2.45, 2.75) is 20.5 Å². The molecular formula is C9H15NOS. The quantitative estimate of drug-likeness (QED) is 0.558. The molecule has 1 rings (SSSR count). The summed E-state index contributed by atoms with van der Waals surface area (Å²) in [5.74, 6) is 0. The summed E-state index contributed by atoms with van der Waals surface area (Å²) in [6, 6.07) is 9.89. The van der Waals surface area contributed by atoms with Crippen molar-refractivity contribution in [1.29, 1.82) is 0 Å². The summed E-state index contributed by atoms with van der Waals surface area (Å²) in [4.78, 5) is 7.14. The van der Waals surface area contributed by atoms with Crippen LogP contribution in [0, 0.1) is 0 Å². The smallest absolute Gasteiger partial charge is 0.0943 e. The Morgan fingerprint density at radius 2 is 1.83 bits per heavy atom. The Kier molecular flexibility index (Phi) is 8.22. The molecule has 0 aliphatic carbocycles. The van der Waals surface area contributed by atoms with Crippen molar-refractivity contribution < 1.29 is 4.84 Å². The van der Waals surface area contributed by atoms with Gasteiger partial charge in [0, 0.05) is 0 Å². The first kappa shape index (κ1) is 11.5. The lowest BCUT2D eigenvalue weighted by atomic mass is 10.2. The molecule has 0 saturated carbocycles. The van der Waals surface area contributed by atoms with E-state index >= 15 is 0 Å². The zero-order valence-electron chi connectivity index (χ0n) is 7.45. The standard InChI is InChI=1S/C7H9NOS.C2H6/c10-8-9-6-7-4-2-1-3-5-7;1-2/h1-5,8,10H,6H2;1-2H3. The van der Waals surface area contributed by atoms with Gasteiger partial charge in [-0.25, -0.2) is 0 Å². The molecule has 0 aromatic heterocycles. The van der Waals surface area contributed by atoms with E-state index in [1.807, 2.05) is 44.2 Å². The van der Waals surface area contributed by atoms with Crippen LogP contribution in [0.4, 0.5) is 0 Å². The number of thiol groups is 1. The van der Waals surface area contributed by atoms with E-state index in [2.05, 4.69) is 17.7 Å². The summed E-state index contributed by atoms with van der Waals surface area (Å²) in [5.41, 5.74) is 1.13. The Balaban J connectivity index is 0.000000561. The zero-order chi connectivity index (χ0) is 9.23. The predicted molar refractivity (Wildman–Crippen MR) is 54.7 cm³/mol. The molecule has 12 heavy (non-hydrogen) atoms. The lowest BCUT2D eigenvalue weighted by Gasteiger charge is -1.98. The Bertz CT molecular complexity index is 179. The fourth-order valence-corrected chi connectivity index (χ4v) is 0.754.